The Kier molecular flexibility index (Phi) is 26.0. The van der Waals surface area contributed by atoms with E-state index in [1.165, 1.54) is 173 Å². The van der Waals surface area contributed by atoms with Gasteiger partial charge in [0.2, 0.25) is 0 Å². The van der Waals surface area contributed by atoms with E-state index in [4.69, 9.17) is 9.47 Å². The van der Waals surface area contributed by atoms with Crippen LogP contribution in [0.4, 0.5) is 0 Å². The summed E-state index contributed by atoms with van der Waals surface area (Å²) >= 11 is 0. The van der Waals surface area contributed by atoms with E-state index in [-0.39, 0.29) is 11.4 Å². The number of nitrogens with zero attached hydrogens (tertiary/aromatic N) is 1. The second kappa shape index (κ2) is 28.9. The smallest absolute Gasteiger partial charge is 0.171 e. The third-order valence-corrected chi connectivity index (χ3v) is 10.7. The van der Waals surface area contributed by atoms with Gasteiger partial charge in [-0.15, -0.1) is 0 Å². The van der Waals surface area contributed by atoms with Gasteiger partial charge in [-0.05, 0) is 77.7 Å². The minimum absolute atomic E-state index is 0.0358. The molecule has 0 radical (unpaired) electrons. The third kappa shape index (κ3) is 21.7. The molecule has 0 N–H and O–H groups in total. The SMILES string of the molecule is CCCCC/C=C\C/C=C\CCCCCCCCC1(CCCCCCCC/C=C\CCCCCCCC)COC2(CCN(C)CC2)O1. The summed E-state index contributed by atoms with van der Waals surface area (Å²) in [6.07, 6.45) is 53.6. The Morgan fingerprint density at radius 2 is 0.872 bits per heavy atom. The molecule has 1 unspecified atom stereocenters. The molecule has 0 bridgehead atoms. The fourth-order valence-corrected chi connectivity index (χ4v) is 7.42. The van der Waals surface area contributed by atoms with Crippen molar-refractivity contribution < 1.29 is 9.47 Å². The van der Waals surface area contributed by atoms with E-state index in [1.807, 2.05) is 0 Å². The Balaban J connectivity index is 1.54. The van der Waals surface area contributed by atoms with Crippen LogP contribution in [0.1, 0.15) is 206 Å². The first kappa shape index (κ1) is 42.3. The standard InChI is InChI=1S/C44H81NO2/c1-4-6-8-10-12-14-16-18-20-22-24-26-28-30-32-34-36-43(42-46-44(47-43)38-40-45(3)41-39-44)37-35-33-31-29-27-25-23-21-19-17-15-13-11-9-7-5-2/h12,14,18-21H,4-11,13,15-17,22-42H2,1-3H3/b14-12-,20-18-,21-19-. The van der Waals surface area contributed by atoms with E-state index < -0.39 is 0 Å². The highest BCUT2D eigenvalue weighted by molar-refractivity contribution is 4.94. The highest BCUT2D eigenvalue weighted by Crippen LogP contribution is 2.43. The summed E-state index contributed by atoms with van der Waals surface area (Å²) in [5, 5.41) is 0. The maximum atomic E-state index is 7.01. The Bertz CT molecular complexity index is 780. The fourth-order valence-electron chi connectivity index (χ4n) is 7.42. The molecule has 2 aliphatic rings. The first-order valence-electron chi connectivity index (χ1n) is 21.1. The van der Waals surface area contributed by atoms with Gasteiger partial charge < -0.3 is 14.4 Å². The molecule has 47 heavy (non-hydrogen) atoms. The Morgan fingerprint density at radius 3 is 1.36 bits per heavy atom. The minimum Gasteiger partial charge on any atom is -0.347 e. The van der Waals surface area contributed by atoms with Gasteiger partial charge in [0.15, 0.2) is 5.79 Å². The number of allylic oxidation sites excluding steroid dienone is 6. The summed E-state index contributed by atoms with van der Waals surface area (Å²) in [7, 11) is 2.23. The number of rotatable bonds is 31. The van der Waals surface area contributed by atoms with E-state index in [0.29, 0.717) is 0 Å². The van der Waals surface area contributed by atoms with Crippen molar-refractivity contribution >= 4 is 0 Å². The van der Waals surface area contributed by atoms with E-state index in [1.54, 1.807) is 0 Å². The Hall–Kier alpha value is -0.900. The lowest BCUT2D eigenvalue weighted by atomic mass is 9.90. The number of likely N-dealkylation sites (tertiary alicyclic amines) is 1. The van der Waals surface area contributed by atoms with Crippen LogP contribution in [0.15, 0.2) is 36.5 Å². The molecule has 3 nitrogen and oxygen atoms in total. The molecule has 0 aromatic rings. The van der Waals surface area contributed by atoms with Crippen molar-refractivity contribution in [3.63, 3.8) is 0 Å². The van der Waals surface area contributed by atoms with Crippen molar-refractivity contribution in [2.75, 3.05) is 26.7 Å². The van der Waals surface area contributed by atoms with Crippen molar-refractivity contribution in [1.29, 1.82) is 0 Å². The molecule has 0 amide bonds. The van der Waals surface area contributed by atoms with Gasteiger partial charge in [-0.1, -0.05) is 159 Å². The van der Waals surface area contributed by atoms with Crippen LogP contribution in [-0.4, -0.2) is 43.0 Å². The molecular formula is C44H81NO2. The van der Waals surface area contributed by atoms with Crippen molar-refractivity contribution in [1.82, 2.24) is 4.90 Å². The topological polar surface area (TPSA) is 21.7 Å². The van der Waals surface area contributed by atoms with Gasteiger partial charge in [0.1, 0.15) is 0 Å². The zero-order chi connectivity index (χ0) is 33.6. The Labute approximate surface area is 294 Å². The first-order chi connectivity index (χ1) is 23.1. The zero-order valence-corrected chi connectivity index (χ0v) is 32.1. The summed E-state index contributed by atoms with van der Waals surface area (Å²) in [4.78, 5) is 2.42. The normalized spacial score (nSPS) is 20.2. The molecular weight excluding hydrogens is 574 g/mol. The van der Waals surface area contributed by atoms with E-state index in [9.17, 15) is 0 Å². The molecule has 0 aliphatic carbocycles. The largest absolute Gasteiger partial charge is 0.347 e. The molecule has 2 heterocycles. The number of piperidine rings is 1. The molecule has 0 saturated carbocycles. The van der Waals surface area contributed by atoms with Crippen LogP contribution in [0, 0.1) is 0 Å². The van der Waals surface area contributed by atoms with E-state index in [0.717, 1.165) is 39.0 Å². The van der Waals surface area contributed by atoms with E-state index in [2.05, 4.69) is 62.3 Å². The molecule has 2 saturated heterocycles. The summed E-state index contributed by atoms with van der Waals surface area (Å²) < 4.78 is 13.5. The van der Waals surface area contributed by atoms with Crippen LogP contribution >= 0.6 is 0 Å². The third-order valence-electron chi connectivity index (χ3n) is 10.7. The first-order valence-corrected chi connectivity index (χ1v) is 21.1. The lowest BCUT2D eigenvalue weighted by Gasteiger charge is -2.38. The van der Waals surface area contributed by atoms with Gasteiger partial charge in [-0.3, -0.25) is 0 Å². The highest BCUT2D eigenvalue weighted by atomic mass is 16.8. The zero-order valence-electron chi connectivity index (χ0n) is 32.1. The fraction of sp³-hybridized carbons (Fsp3) is 0.864. The molecule has 0 aromatic carbocycles. The summed E-state index contributed by atoms with van der Waals surface area (Å²) in [5.74, 6) is -0.298. The van der Waals surface area contributed by atoms with E-state index >= 15 is 0 Å². The van der Waals surface area contributed by atoms with Gasteiger partial charge in [0.05, 0.1) is 12.2 Å². The lowest BCUT2D eigenvalue weighted by Crippen LogP contribution is -2.45. The molecule has 0 aromatic heterocycles. The van der Waals surface area contributed by atoms with Gasteiger partial charge in [-0.2, -0.15) is 0 Å². The van der Waals surface area contributed by atoms with Crippen LogP contribution in [0.2, 0.25) is 0 Å². The lowest BCUT2D eigenvalue weighted by molar-refractivity contribution is -0.212. The van der Waals surface area contributed by atoms with Crippen LogP contribution in [-0.2, 0) is 9.47 Å². The summed E-state index contributed by atoms with van der Waals surface area (Å²) in [6.45, 7) is 7.58. The minimum atomic E-state index is -0.298. The predicted octanol–water partition coefficient (Wildman–Crippen LogP) is 13.8. The second-order valence-corrected chi connectivity index (χ2v) is 15.3. The number of hydrogen-bond donors (Lipinski definition) is 0. The highest BCUT2D eigenvalue weighted by Gasteiger charge is 2.50. The maximum absolute atomic E-state index is 7.01. The maximum Gasteiger partial charge on any atom is 0.171 e. The molecule has 274 valence electrons. The van der Waals surface area contributed by atoms with Crippen molar-refractivity contribution in [2.45, 2.75) is 218 Å². The molecule has 1 atom stereocenters. The predicted molar refractivity (Wildman–Crippen MR) is 207 cm³/mol. The quantitative estimate of drug-likeness (QED) is 0.0548. The number of hydrogen-bond acceptors (Lipinski definition) is 3. The van der Waals surface area contributed by atoms with Crippen LogP contribution in [0.25, 0.3) is 0 Å². The average Bonchev–Trinajstić information content (AvgIpc) is 3.43. The molecule has 2 aliphatic heterocycles. The van der Waals surface area contributed by atoms with Crippen LogP contribution in [0.5, 0.6) is 0 Å². The monoisotopic (exact) mass is 656 g/mol. The van der Waals surface area contributed by atoms with Crippen molar-refractivity contribution in [3.8, 4) is 0 Å². The van der Waals surface area contributed by atoms with Gasteiger partial charge in [0, 0.05) is 25.9 Å². The number of unbranched alkanes of at least 4 members (excludes halogenated alkanes) is 21. The number of ether oxygens (including phenoxy) is 2. The molecule has 1 spiro atoms. The molecule has 3 heteroatoms. The van der Waals surface area contributed by atoms with Gasteiger partial charge >= 0.3 is 0 Å². The Morgan fingerprint density at radius 1 is 0.489 bits per heavy atom. The second-order valence-electron chi connectivity index (χ2n) is 15.3. The van der Waals surface area contributed by atoms with Crippen LogP contribution < -0.4 is 0 Å². The van der Waals surface area contributed by atoms with Gasteiger partial charge in [0.25, 0.3) is 0 Å². The average molecular weight is 656 g/mol. The summed E-state index contributed by atoms with van der Waals surface area (Å²) in [5.41, 5.74) is -0.0358. The van der Waals surface area contributed by atoms with Crippen molar-refractivity contribution in [2.24, 2.45) is 0 Å². The van der Waals surface area contributed by atoms with Gasteiger partial charge in [-0.25, -0.2) is 0 Å². The molecule has 2 rings (SSSR count). The van der Waals surface area contributed by atoms with Crippen LogP contribution in [0.3, 0.4) is 0 Å². The molecule has 2 fully saturated rings. The summed E-state index contributed by atoms with van der Waals surface area (Å²) in [6, 6.07) is 0. The van der Waals surface area contributed by atoms with Crippen molar-refractivity contribution in [3.05, 3.63) is 36.5 Å².